The van der Waals surface area contributed by atoms with Crippen LogP contribution in [-0.4, -0.2) is 29.4 Å². The highest BCUT2D eigenvalue weighted by molar-refractivity contribution is 5.81. The number of alkyl halides is 3. The van der Waals surface area contributed by atoms with E-state index in [0.29, 0.717) is 0 Å². The van der Waals surface area contributed by atoms with Gasteiger partial charge in [-0.05, 0) is 22.8 Å². The summed E-state index contributed by atoms with van der Waals surface area (Å²) in [7, 11) is 0. The van der Waals surface area contributed by atoms with E-state index < -0.39 is 30.6 Å². The number of carbonyl (C=O) groups excluding carboxylic acids is 2. The lowest BCUT2D eigenvalue weighted by Gasteiger charge is -2.32. The number of fused-ring (bicyclic) bond motifs is 1. The Balaban J connectivity index is 1.73. The largest absolute Gasteiger partial charge is 0.397 e. The zero-order valence-electron chi connectivity index (χ0n) is 15.8. The van der Waals surface area contributed by atoms with Crippen LogP contribution in [0.1, 0.15) is 42.0 Å². The number of halogens is 3. The Hall–Kier alpha value is -3.09. The van der Waals surface area contributed by atoms with Gasteiger partial charge in [0, 0.05) is 19.7 Å². The average molecular weight is 402 g/mol. The molecule has 0 radical (unpaired) electrons. The van der Waals surface area contributed by atoms with E-state index >= 15 is 0 Å². The van der Waals surface area contributed by atoms with Crippen molar-refractivity contribution in [2.45, 2.75) is 31.5 Å². The fourth-order valence-corrected chi connectivity index (χ4v) is 3.48. The van der Waals surface area contributed by atoms with Gasteiger partial charge in [-0.1, -0.05) is 54.6 Å². The van der Waals surface area contributed by atoms with E-state index in [2.05, 4.69) is 5.32 Å². The molecular formula is C22H21F3N2O2. The van der Waals surface area contributed by atoms with Crippen LogP contribution >= 0.6 is 0 Å². The number of nitrogens with one attached hydrogen (secondary N) is 1. The lowest BCUT2D eigenvalue weighted by molar-refractivity contribution is -0.150. The SMILES string of the molecule is CC(=O)N1C=Cc2ccccc2[C@@H]1CC(=O)NC[C@@H](c1ccccc1)C(F)(F)F. The van der Waals surface area contributed by atoms with Crippen LogP contribution in [0.5, 0.6) is 0 Å². The molecular weight excluding hydrogens is 381 g/mol. The second-order valence-corrected chi connectivity index (χ2v) is 6.90. The molecule has 0 fully saturated rings. The topological polar surface area (TPSA) is 49.4 Å². The van der Waals surface area contributed by atoms with Gasteiger partial charge in [-0.2, -0.15) is 13.2 Å². The molecule has 2 amide bonds. The monoisotopic (exact) mass is 402 g/mol. The standard InChI is InChI=1S/C22H21F3N2O2/c1-15(28)27-12-11-16-7-5-6-10-18(16)20(27)13-21(29)26-14-19(22(23,24)25)17-8-3-2-4-9-17/h2-12,19-20H,13-14H2,1H3,(H,26,29)/t19-,20-/m0/s1. The third-order valence-corrected chi connectivity index (χ3v) is 4.95. The molecule has 2 aromatic carbocycles. The normalized spacial score (nSPS) is 16.8. The highest BCUT2D eigenvalue weighted by Gasteiger charge is 2.41. The molecule has 7 heteroatoms. The summed E-state index contributed by atoms with van der Waals surface area (Å²) in [6.07, 6.45) is -1.23. The number of hydrogen-bond donors (Lipinski definition) is 1. The fraction of sp³-hybridized carbons (Fsp3) is 0.273. The van der Waals surface area contributed by atoms with Crippen LogP contribution in [0.2, 0.25) is 0 Å². The van der Waals surface area contributed by atoms with Gasteiger partial charge in [-0.25, -0.2) is 0 Å². The van der Waals surface area contributed by atoms with E-state index in [4.69, 9.17) is 0 Å². The van der Waals surface area contributed by atoms with Gasteiger partial charge in [0.15, 0.2) is 0 Å². The lowest BCUT2D eigenvalue weighted by Crippen LogP contribution is -2.38. The quantitative estimate of drug-likeness (QED) is 0.805. The Morgan fingerprint density at radius 3 is 2.38 bits per heavy atom. The molecule has 4 nitrogen and oxygen atoms in total. The summed E-state index contributed by atoms with van der Waals surface area (Å²) in [4.78, 5) is 25.9. The Morgan fingerprint density at radius 1 is 1.07 bits per heavy atom. The Labute approximate surface area is 167 Å². The summed E-state index contributed by atoms with van der Waals surface area (Å²) in [5.41, 5.74) is 1.76. The highest BCUT2D eigenvalue weighted by atomic mass is 19.4. The third-order valence-electron chi connectivity index (χ3n) is 4.95. The zero-order chi connectivity index (χ0) is 21.0. The van der Waals surface area contributed by atoms with E-state index in [9.17, 15) is 22.8 Å². The van der Waals surface area contributed by atoms with Crippen LogP contribution in [-0.2, 0) is 9.59 Å². The van der Waals surface area contributed by atoms with Crippen molar-refractivity contribution in [2.75, 3.05) is 6.54 Å². The highest BCUT2D eigenvalue weighted by Crippen LogP contribution is 2.35. The van der Waals surface area contributed by atoms with Gasteiger partial charge in [-0.15, -0.1) is 0 Å². The summed E-state index contributed by atoms with van der Waals surface area (Å²) in [5.74, 6) is -2.59. The molecule has 0 aliphatic carbocycles. The van der Waals surface area contributed by atoms with Gasteiger partial charge in [0.1, 0.15) is 0 Å². The van der Waals surface area contributed by atoms with Crippen LogP contribution in [0, 0.1) is 0 Å². The van der Waals surface area contributed by atoms with Crippen LogP contribution in [0.4, 0.5) is 13.2 Å². The van der Waals surface area contributed by atoms with Crippen molar-refractivity contribution in [2.24, 2.45) is 0 Å². The zero-order valence-corrected chi connectivity index (χ0v) is 15.8. The molecule has 1 aliphatic heterocycles. The second kappa shape index (κ2) is 8.51. The third kappa shape index (κ3) is 4.85. The molecule has 29 heavy (non-hydrogen) atoms. The predicted octanol–water partition coefficient (Wildman–Crippen LogP) is 4.41. The molecule has 1 N–H and O–H groups in total. The maximum atomic E-state index is 13.5. The molecule has 0 spiro atoms. The first-order chi connectivity index (χ1) is 13.8. The Bertz CT molecular complexity index is 910. The van der Waals surface area contributed by atoms with Crippen LogP contribution in [0.25, 0.3) is 6.08 Å². The minimum atomic E-state index is -4.49. The molecule has 0 aromatic heterocycles. The van der Waals surface area contributed by atoms with Crippen molar-refractivity contribution >= 4 is 17.9 Å². The number of nitrogens with zero attached hydrogens (tertiary/aromatic N) is 1. The van der Waals surface area contributed by atoms with Gasteiger partial charge in [0.25, 0.3) is 0 Å². The van der Waals surface area contributed by atoms with E-state index in [1.807, 2.05) is 18.2 Å². The van der Waals surface area contributed by atoms with Crippen LogP contribution in [0.3, 0.4) is 0 Å². The molecule has 0 unspecified atom stereocenters. The van der Waals surface area contributed by atoms with Crippen LogP contribution in [0.15, 0.2) is 60.8 Å². The average Bonchev–Trinajstić information content (AvgIpc) is 2.68. The number of carbonyl (C=O) groups is 2. The van der Waals surface area contributed by atoms with Gasteiger partial charge < -0.3 is 10.2 Å². The van der Waals surface area contributed by atoms with Crippen molar-refractivity contribution in [1.29, 1.82) is 0 Å². The molecule has 0 bridgehead atoms. The predicted molar refractivity (Wildman–Crippen MR) is 104 cm³/mol. The molecule has 152 valence electrons. The van der Waals surface area contributed by atoms with Crippen molar-refractivity contribution < 1.29 is 22.8 Å². The fourth-order valence-electron chi connectivity index (χ4n) is 3.48. The lowest BCUT2D eigenvalue weighted by atomic mass is 9.93. The summed E-state index contributed by atoms with van der Waals surface area (Å²) < 4.78 is 40.4. The molecule has 1 aliphatic rings. The molecule has 0 saturated carbocycles. The molecule has 2 aromatic rings. The Kier molecular flexibility index (Phi) is 6.06. The second-order valence-electron chi connectivity index (χ2n) is 6.90. The van der Waals surface area contributed by atoms with Crippen molar-refractivity contribution in [1.82, 2.24) is 10.2 Å². The summed E-state index contributed by atoms with van der Waals surface area (Å²) >= 11 is 0. The summed E-state index contributed by atoms with van der Waals surface area (Å²) in [6, 6.07) is 14.3. The van der Waals surface area contributed by atoms with Crippen molar-refractivity contribution in [3.05, 3.63) is 77.5 Å². The van der Waals surface area contributed by atoms with Gasteiger partial charge in [-0.3, -0.25) is 9.59 Å². The first-order valence-corrected chi connectivity index (χ1v) is 9.21. The Morgan fingerprint density at radius 2 is 1.72 bits per heavy atom. The number of hydrogen-bond acceptors (Lipinski definition) is 2. The first kappa shape index (κ1) is 20.6. The van der Waals surface area contributed by atoms with E-state index in [1.54, 1.807) is 24.4 Å². The molecule has 0 saturated heterocycles. The van der Waals surface area contributed by atoms with Crippen LogP contribution < -0.4 is 5.32 Å². The van der Waals surface area contributed by atoms with E-state index in [0.717, 1.165) is 11.1 Å². The van der Waals surface area contributed by atoms with E-state index in [-0.39, 0.29) is 17.9 Å². The first-order valence-electron chi connectivity index (χ1n) is 9.21. The van der Waals surface area contributed by atoms with Gasteiger partial charge in [0.05, 0.1) is 18.4 Å². The number of rotatable bonds is 5. The molecule has 3 rings (SSSR count). The smallest absolute Gasteiger partial charge is 0.355 e. The molecule has 2 atom stereocenters. The summed E-state index contributed by atoms with van der Waals surface area (Å²) in [6.45, 7) is 0.828. The minimum absolute atomic E-state index is 0.0941. The number of benzene rings is 2. The summed E-state index contributed by atoms with van der Waals surface area (Å²) in [5, 5.41) is 2.40. The minimum Gasteiger partial charge on any atom is -0.355 e. The van der Waals surface area contributed by atoms with Gasteiger partial charge in [0.2, 0.25) is 11.8 Å². The van der Waals surface area contributed by atoms with Gasteiger partial charge >= 0.3 is 6.18 Å². The number of amides is 2. The maximum Gasteiger partial charge on any atom is 0.397 e. The maximum absolute atomic E-state index is 13.5. The molecule has 1 heterocycles. The van der Waals surface area contributed by atoms with E-state index in [1.165, 1.54) is 36.1 Å². The van der Waals surface area contributed by atoms with Crippen molar-refractivity contribution in [3.8, 4) is 0 Å². The van der Waals surface area contributed by atoms with Crippen molar-refractivity contribution in [3.63, 3.8) is 0 Å².